The zero-order valence-corrected chi connectivity index (χ0v) is 9.46. The zero-order valence-electron chi connectivity index (χ0n) is 9.46. The van der Waals surface area contributed by atoms with Crippen LogP contribution in [0.1, 0.15) is 18.9 Å². The lowest BCUT2D eigenvalue weighted by Crippen LogP contribution is -2.29. The maximum absolute atomic E-state index is 13.3. The number of ether oxygens (including phenoxy) is 1. The number of rotatable bonds is 5. The first kappa shape index (κ1) is 13.1. The molecule has 1 rings (SSSR count). The van der Waals surface area contributed by atoms with Crippen molar-refractivity contribution in [2.24, 2.45) is 0 Å². The van der Waals surface area contributed by atoms with Crippen LogP contribution in [0.4, 0.5) is 8.78 Å². The van der Waals surface area contributed by atoms with E-state index in [1.54, 1.807) is 0 Å². The topological polar surface area (TPSA) is 29.5 Å². The fourth-order valence-electron chi connectivity index (χ4n) is 1.49. The summed E-state index contributed by atoms with van der Waals surface area (Å²) in [6.07, 6.45) is 0.270. The van der Waals surface area contributed by atoms with Gasteiger partial charge in [-0.25, -0.2) is 8.78 Å². The van der Waals surface area contributed by atoms with Crippen molar-refractivity contribution in [1.82, 2.24) is 0 Å². The Labute approximate surface area is 93.9 Å². The summed E-state index contributed by atoms with van der Waals surface area (Å²) < 4.78 is 31.5. The van der Waals surface area contributed by atoms with Gasteiger partial charge in [0.05, 0.1) is 5.60 Å². The van der Waals surface area contributed by atoms with Gasteiger partial charge in [0, 0.05) is 25.7 Å². The average molecular weight is 230 g/mol. The van der Waals surface area contributed by atoms with Crippen LogP contribution >= 0.6 is 0 Å². The Bertz CT molecular complexity index is 331. The van der Waals surface area contributed by atoms with Gasteiger partial charge in [-0.3, -0.25) is 0 Å². The van der Waals surface area contributed by atoms with Crippen LogP contribution in [0.25, 0.3) is 0 Å². The first-order valence-corrected chi connectivity index (χ1v) is 5.10. The number of methoxy groups -OCH3 is 1. The van der Waals surface area contributed by atoms with Gasteiger partial charge in [0.1, 0.15) is 11.6 Å². The molecule has 1 aromatic rings. The van der Waals surface area contributed by atoms with Crippen molar-refractivity contribution in [3.63, 3.8) is 0 Å². The van der Waals surface area contributed by atoms with E-state index in [9.17, 15) is 13.9 Å². The minimum absolute atomic E-state index is 0.0606. The number of hydrogen-bond acceptors (Lipinski definition) is 2. The summed E-state index contributed by atoms with van der Waals surface area (Å²) in [5.41, 5.74) is -1.25. The van der Waals surface area contributed by atoms with Crippen LogP contribution in [-0.4, -0.2) is 24.4 Å². The smallest absolute Gasteiger partial charge is 0.129 e. The van der Waals surface area contributed by atoms with Crippen LogP contribution in [0, 0.1) is 11.6 Å². The summed E-state index contributed by atoms with van der Waals surface area (Å²) >= 11 is 0. The lowest BCUT2D eigenvalue weighted by molar-refractivity contribution is 0.0235. The zero-order chi connectivity index (χ0) is 12.2. The minimum Gasteiger partial charge on any atom is -0.390 e. The Kier molecular flexibility index (Phi) is 4.38. The SMILES string of the molecule is COCCC(C)(O)Cc1c(F)cccc1F. The molecule has 0 saturated carbocycles. The van der Waals surface area contributed by atoms with E-state index in [1.807, 2.05) is 0 Å². The molecule has 1 N–H and O–H groups in total. The molecule has 1 atom stereocenters. The molecule has 0 saturated heterocycles. The molecule has 0 aromatic heterocycles. The van der Waals surface area contributed by atoms with Gasteiger partial charge in [0.2, 0.25) is 0 Å². The highest BCUT2D eigenvalue weighted by molar-refractivity contribution is 5.21. The predicted molar refractivity (Wildman–Crippen MR) is 57.2 cm³/mol. The molecule has 4 heteroatoms. The van der Waals surface area contributed by atoms with Crippen LogP contribution in [0.3, 0.4) is 0 Å². The largest absolute Gasteiger partial charge is 0.390 e. The van der Waals surface area contributed by atoms with Crippen molar-refractivity contribution in [2.75, 3.05) is 13.7 Å². The molecule has 2 nitrogen and oxygen atoms in total. The summed E-state index contributed by atoms with van der Waals surface area (Å²) in [5, 5.41) is 9.93. The van der Waals surface area contributed by atoms with E-state index in [0.717, 1.165) is 0 Å². The van der Waals surface area contributed by atoms with Crippen LogP contribution in [-0.2, 0) is 11.2 Å². The van der Waals surface area contributed by atoms with Gasteiger partial charge in [0.15, 0.2) is 0 Å². The average Bonchev–Trinajstić information content (AvgIpc) is 2.21. The van der Waals surface area contributed by atoms with Gasteiger partial charge in [-0.2, -0.15) is 0 Å². The van der Waals surface area contributed by atoms with Gasteiger partial charge in [-0.05, 0) is 25.5 Å². The van der Waals surface area contributed by atoms with Gasteiger partial charge in [-0.15, -0.1) is 0 Å². The third kappa shape index (κ3) is 3.54. The highest BCUT2D eigenvalue weighted by Crippen LogP contribution is 2.21. The molecular weight excluding hydrogens is 214 g/mol. The fourth-order valence-corrected chi connectivity index (χ4v) is 1.49. The lowest BCUT2D eigenvalue weighted by atomic mass is 9.93. The Morgan fingerprint density at radius 2 is 1.88 bits per heavy atom. The Morgan fingerprint density at radius 1 is 1.31 bits per heavy atom. The van der Waals surface area contributed by atoms with E-state index < -0.39 is 17.2 Å². The van der Waals surface area contributed by atoms with E-state index >= 15 is 0 Å². The van der Waals surface area contributed by atoms with Gasteiger partial charge in [0.25, 0.3) is 0 Å². The van der Waals surface area contributed by atoms with E-state index in [-0.39, 0.29) is 12.0 Å². The van der Waals surface area contributed by atoms with Crippen LogP contribution < -0.4 is 0 Å². The van der Waals surface area contributed by atoms with Gasteiger partial charge in [-0.1, -0.05) is 6.07 Å². The summed E-state index contributed by atoms with van der Waals surface area (Å²) in [4.78, 5) is 0. The molecule has 0 spiro atoms. The number of halogens is 2. The van der Waals surface area contributed by atoms with Crippen molar-refractivity contribution in [1.29, 1.82) is 0 Å². The van der Waals surface area contributed by atoms with Crippen molar-refractivity contribution >= 4 is 0 Å². The maximum atomic E-state index is 13.3. The third-order valence-corrected chi connectivity index (χ3v) is 2.46. The highest BCUT2D eigenvalue weighted by Gasteiger charge is 2.24. The second-order valence-electron chi connectivity index (χ2n) is 4.12. The standard InChI is InChI=1S/C12H16F2O2/c1-12(15,6-7-16-2)8-9-10(13)4-3-5-11(9)14/h3-5,15H,6-8H2,1-2H3. The summed E-state index contributed by atoms with van der Waals surface area (Å²) in [5.74, 6) is -1.25. The number of aliphatic hydroxyl groups is 1. The molecule has 0 aliphatic heterocycles. The maximum Gasteiger partial charge on any atom is 0.129 e. The van der Waals surface area contributed by atoms with E-state index in [0.29, 0.717) is 13.0 Å². The number of hydrogen-bond donors (Lipinski definition) is 1. The molecular formula is C12H16F2O2. The lowest BCUT2D eigenvalue weighted by Gasteiger charge is -2.23. The van der Waals surface area contributed by atoms with Gasteiger partial charge >= 0.3 is 0 Å². The Balaban J connectivity index is 2.79. The van der Waals surface area contributed by atoms with Crippen molar-refractivity contribution in [3.8, 4) is 0 Å². The third-order valence-electron chi connectivity index (χ3n) is 2.46. The molecule has 0 bridgehead atoms. The van der Waals surface area contributed by atoms with E-state index in [1.165, 1.54) is 32.2 Å². The van der Waals surface area contributed by atoms with Crippen molar-refractivity contribution < 1.29 is 18.6 Å². The molecule has 0 amide bonds. The summed E-state index contributed by atoms with van der Waals surface area (Å²) in [7, 11) is 1.51. The van der Waals surface area contributed by atoms with Gasteiger partial charge < -0.3 is 9.84 Å². The molecule has 0 aliphatic carbocycles. The van der Waals surface area contributed by atoms with Crippen LogP contribution in [0.2, 0.25) is 0 Å². The second kappa shape index (κ2) is 5.37. The molecule has 90 valence electrons. The fraction of sp³-hybridized carbons (Fsp3) is 0.500. The molecule has 0 aliphatic rings. The van der Waals surface area contributed by atoms with E-state index in [2.05, 4.69) is 0 Å². The minimum atomic E-state index is -1.17. The molecule has 16 heavy (non-hydrogen) atoms. The molecule has 1 unspecified atom stereocenters. The normalized spacial score (nSPS) is 14.8. The monoisotopic (exact) mass is 230 g/mol. The second-order valence-corrected chi connectivity index (χ2v) is 4.12. The first-order chi connectivity index (χ1) is 7.46. The number of benzene rings is 1. The predicted octanol–water partition coefficient (Wildman–Crippen LogP) is 2.29. The molecule has 0 radical (unpaired) electrons. The molecule has 0 heterocycles. The highest BCUT2D eigenvalue weighted by atomic mass is 19.1. The van der Waals surface area contributed by atoms with Crippen LogP contribution in [0.15, 0.2) is 18.2 Å². The first-order valence-electron chi connectivity index (χ1n) is 5.10. The molecule has 0 fully saturated rings. The van der Waals surface area contributed by atoms with E-state index in [4.69, 9.17) is 4.74 Å². The quantitative estimate of drug-likeness (QED) is 0.841. The summed E-state index contributed by atoms with van der Waals surface area (Å²) in [6.45, 7) is 1.89. The van der Waals surface area contributed by atoms with Crippen LogP contribution in [0.5, 0.6) is 0 Å². The summed E-state index contributed by atoms with van der Waals surface area (Å²) in [6, 6.07) is 3.67. The Hall–Kier alpha value is -1.00. The molecule has 1 aromatic carbocycles. The van der Waals surface area contributed by atoms with Crippen molar-refractivity contribution in [2.45, 2.75) is 25.4 Å². The Morgan fingerprint density at radius 3 is 2.38 bits per heavy atom. The van der Waals surface area contributed by atoms with Crippen molar-refractivity contribution in [3.05, 3.63) is 35.4 Å².